The fourth-order valence-corrected chi connectivity index (χ4v) is 3.28. The van der Waals surface area contributed by atoms with Gasteiger partial charge in [0.1, 0.15) is 18.1 Å². The molecule has 0 bridgehead atoms. The van der Waals surface area contributed by atoms with Crippen LogP contribution in [-0.2, 0) is 11.3 Å². The highest BCUT2D eigenvalue weighted by Crippen LogP contribution is 2.27. The summed E-state index contributed by atoms with van der Waals surface area (Å²) in [4.78, 5) is 14.6. The molecule has 5 nitrogen and oxygen atoms in total. The van der Waals surface area contributed by atoms with Gasteiger partial charge in [0.15, 0.2) is 0 Å². The molecule has 27 heavy (non-hydrogen) atoms. The van der Waals surface area contributed by atoms with E-state index in [4.69, 9.17) is 14.2 Å². The van der Waals surface area contributed by atoms with Crippen molar-refractivity contribution in [2.45, 2.75) is 27.4 Å². The lowest BCUT2D eigenvalue weighted by atomic mass is 10.1. The van der Waals surface area contributed by atoms with E-state index in [1.165, 1.54) is 5.56 Å². The van der Waals surface area contributed by atoms with Crippen LogP contribution in [0.2, 0.25) is 0 Å². The number of hydrogen-bond acceptors (Lipinski definition) is 4. The van der Waals surface area contributed by atoms with Crippen LogP contribution in [0.25, 0.3) is 0 Å². The van der Waals surface area contributed by atoms with E-state index in [0.717, 1.165) is 28.2 Å². The summed E-state index contributed by atoms with van der Waals surface area (Å²) in [5.41, 5.74) is 4.99. The molecule has 5 heteroatoms. The molecule has 0 atom stereocenters. The second-order valence-corrected chi connectivity index (χ2v) is 6.92. The van der Waals surface area contributed by atoms with Gasteiger partial charge in [0.05, 0.1) is 20.3 Å². The Labute approximate surface area is 160 Å². The van der Waals surface area contributed by atoms with E-state index in [1.54, 1.807) is 7.11 Å². The van der Waals surface area contributed by atoms with Crippen LogP contribution in [0.3, 0.4) is 0 Å². The number of methoxy groups -OCH3 is 1. The second-order valence-electron chi connectivity index (χ2n) is 6.92. The first-order chi connectivity index (χ1) is 13.0. The van der Waals surface area contributed by atoms with E-state index in [0.29, 0.717) is 38.5 Å². The third kappa shape index (κ3) is 4.42. The molecular formula is C22H27NO4. The average molecular weight is 369 g/mol. The minimum absolute atomic E-state index is 0.0183. The van der Waals surface area contributed by atoms with E-state index >= 15 is 0 Å². The largest absolute Gasteiger partial charge is 0.496 e. The number of aryl methyl sites for hydroxylation is 2. The van der Waals surface area contributed by atoms with Gasteiger partial charge in [-0.2, -0.15) is 0 Å². The predicted molar refractivity (Wildman–Crippen MR) is 105 cm³/mol. The third-order valence-corrected chi connectivity index (χ3v) is 4.97. The zero-order valence-corrected chi connectivity index (χ0v) is 16.5. The quantitative estimate of drug-likeness (QED) is 0.807. The average Bonchev–Trinajstić information content (AvgIpc) is 2.69. The second kappa shape index (κ2) is 8.44. The summed E-state index contributed by atoms with van der Waals surface area (Å²) >= 11 is 0. The molecule has 1 amide bonds. The topological polar surface area (TPSA) is 48.0 Å². The lowest BCUT2D eigenvalue weighted by Gasteiger charge is -2.27. The Morgan fingerprint density at radius 3 is 2.52 bits per heavy atom. The summed E-state index contributed by atoms with van der Waals surface area (Å²) in [7, 11) is 1.63. The number of amides is 1. The Hall–Kier alpha value is -2.53. The van der Waals surface area contributed by atoms with Crippen LogP contribution < -0.4 is 9.47 Å². The summed E-state index contributed by atoms with van der Waals surface area (Å²) in [5, 5.41) is 0. The van der Waals surface area contributed by atoms with Gasteiger partial charge in [-0.25, -0.2) is 0 Å². The Morgan fingerprint density at radius 1 is 1.07 bits per heavy atom. The van der Waals surface area contributed by atoms with Crippen LogP contribution in [0, 0.1) is 20.8 Å². The number of hydrogen-bond donors (Lipinski definition) is 0. The number of benzene rings is 2. The number of carbonyl (C=O) groups is 1. The van der Waals surface area contributed by atoms with Crippen molar-refractivity contribution in [3.05, 3.63) is 58.1 Å². The molecule has 2 aromatic carbocycles. The van der Waals surface area contributed by atoms with E-state index in [9.17, 15) is 4.79 Å². The van der Waals surface area contributed by atoms with Crippen LogP contribution >= 0.6 is 0 Å². The zero-order valence-electron chi connectivity index (χ0n) is 16.5. The smallest absolute Gasteiger partial charge is 0.254 e. The molecule has 3 rings (SSSR count). The van der Waals surface area contributed by atoms with Gasteiger partial charge < -0.3 is 19.1 Å². The molecule has 2 aromatic rings. The zero-order chi connectivity index (χ0) is 19.4. The molecule has 0 unspecified atom stereocenters. The van der Waals surface area contributed by atoms with Crippen LogP contribution in [0.4, 0.5) is 0 Å². The van der Waals surface area contributed by atoms with Gasteiger partial charge >= 0.3 is 0 Å². The van der Waals surface area contributed by atoms with Gasteiger partial charge in [-0.3, -0.25) is 4.79 Å². The minimum atomic E-state index is 0.0183. The van der Waals surface area contributed by atoms with E-state index in [2.05, 4.69) is 26.8 Å². The summed E-state index contributed by atoms with van der Waals surface area (Å²) in [6.07, 6.45) is 0. The SMILES string of the molecule is COc1ccc(C(=O)N2CCOCC2)cc1COc1cc(C)cc(C)c1C. The van der Waals surface area contributed by atoms with Crippen molar-refractivity contribution >= 4 is 5.91 Å². The lowest BCUT2D eigenvalue weighted by molar-refractivity contribution is 0.0302. The monoisotopic (exact) mass is 369 g/mol. The Balaban J connectivity index is 1.81. The summed E-state index contributed by atoms with van der Waals surface area (Å²) in [5.74, 6) is 1.60. The lowest BCUT2D eigenvalue weighted by Crippen LogP contribution is -2.40. The third-order valence-electron chi connectivity index (χ3n) is 4.97. The van der Waals surface area contributed by atoms with Crippen LogP contribution in [0.1, 0.15) is 32.6 Å². The number of morpholine rings is 1. The molecule has 144 valence electrons. The fraction of sp³-hybridized carbons (Fsp3) is 0.409. The first-order valence-electron chi connectivity index (χ1n) is 9.24. The van der Waals surface area contributed by atoms with Crippen molar-refractivity contribution in [2.75, 3.05) is 33.4 Å². The van der Waals surface area contributed by atoms with E-state index in [-0.39, 0.29) is 5.91 Å². The predicted octanol–water partition coefficient (Wildman–Crippen LogP) is 3.67. The number of nitrogens with zero attached hydrogens (tertiary/aromatic N) is 1. The first-order valence-corrected chi connectivity index (χ1v) is 9.24. The van der Waals surface area contributed by atoms with Gasteiger partial charge in [0, 0.05) is 24.2 Å². The van der Waals surface area contributed by atoms with E-state index in [1.807, 2.05) is 29.2 Å². The van der Waals surface area contributed by atoms with Crippen molar-refractivity contribution in [1.82, 2.24) is 4.90 Å². The molecular weight excluding hydrogens is 342 g/mol. The van der Waals surface area contributed by atoms with Gasteiger partial charge in [0.2, 0.25) is 0 Å². The van der Waals surface area contributed by atoms with E-state index < -0.39 is 0 Å². The molecule has 1 fully saturated rings. The highest BCUT2D eigenvalue weighted by Gasteiger charge is 2.20. The highest BCUT2D eigenvalue weighted by atomic mass is 16.5. The Bertz CT molecular complexity index is 825. The Morgan fingerprint density at radius 2 is 1.81 bits per heavy atom. The maximum absolute atomic E-state index is 12.8. The van der Waals surface area contributed by atoms with Gasteiger partial charge in [-0.15, -0.1) is 0 Å². The molecule has 0 radical (unpaired) electrons. The molecule has 1 heterocycles. The van der Waals surface area contributed by atoms with Crippen LogP contribution in [0.15, 0.2) is 30.3 Å². The molecule has 1 saturated heterocycles. The molecule has 0 N–H and O–H groups in total. The van der Waals surface area contributed by atoms with Gasteiger partial charge in [-0.1, -0.05) is 6.07 Å². The van der Waals surface area contributed by atoms with Crippen molar-refractivity contribution in [3.63, 3.8) is 0 Å². The molecule has 1 aliphatic rings. The van der Waals surface area contributed by atoms with Gasteiger partial charge in [0.25, 0.3) is 5.91 Å². The number of rotatable bonds is 5. The molecule has 0 aliphatic carbocycles. The van der Waals surface area contributed by atoms with Crippen molar-refractivity contribution in [3.8, 4) is 11.5 Å². The standard InChI is InChI=1S/C22H27NO4/c1-15-11-16(2)17(3)21(12-15)27-14-19-13-18(5-6-20(19)25-4)22(24)23-7-9-26-10-8-23/h5-6,11-13H,7-10,14H2,1-4H3. The number of ether oxygens (including phenoxy) is 3. The van der Waals surface area contributed by atoms with Crippen LogP contribution in [-0.4, -0.2) is 44.2 Å². The molecule has 1 aliphatic heterocycles. The first kappa shape index (κ1) is 19.2. The Kier molecular flexibility index (Phi) is 6.01. The molecule has 0 aromatic heterocycles. The minimum Gasteiger partial charge on any atom is -0.496 e. The maximum atomic E-state index is 12.8. The molecule has 0 spiro atoms. The maximum Gasteiger partial charge on any atom is 0.254 e. The summed E-state index contributed by atoms with van der Waals surface area (Å²) in [6.45, 7) is 8.96. The highest BCUT2D eigenvalue weighted by molar-refractivity contribution is 5.94. The molecule has 0 saturated carbocycles. The summed E-state index contributed by atoms with van der Waals surface area (Å²) < 4.78 is 16.9. The van der Waals surface area contributed by atoms with Crippen molar-refractivity contribution in [1.29, 1.82) is 0 Å². The van der Waals surface area contributed by atoms with Crippen molar-refractivity contribution in [2.24, 2.45) is 0 Å². The summed E-state index contributed by atoms with van der Waals surface area (Å²) in [6, 6.07) is 9.69. The van der Waals surface area contributed by atoms with Crippen LogP contribution in [0.5, 0.6) is 11.5 Å². The normalized spacial score (nSPS) is 14.1. The van der Waals surface area contributed by atoms with Crippen molar-refractivity contribution < 1.29 is 19.0 Å². The van der Waals surface area contributed by atoms with Gasteiger partial charge in [-0.05, 0) is 61.7 Å². The number of carbonyl (C=O) groups excluding carboxylic acids is 1. The fourth-order valence-electron chi connectivity index (χ4n) is 3.28.